The topological polar surface area (TPSA) is 81.7 Å². The molecule has 0 aliphatic rings. The van der Waals surface area contributed by atoms with E-state index < -0.39 is 21.0 Å². The maximum absolute atomic E-state index is 12.9. The minimum atomic E-state index is -3.50. The van der Waals surface area contributed by atoms with Gasteiger partial charge in [0, 0.05) is 0 Å². The van der Waals surface area contributed by atoms with E-state index in [9.17, 15) is 13.2 Å². The zero-order valence-electron chi connectivity index (χ0n) is 16.7. The van der Waals surface area contributed by atoms with Gasteiger partial charge in [0.15, 0.2) is 9.84 Å². The van der Waals surface area contributed by atoms with Crippen LogP contribution < -0.4 is 14.8 Å². The first kappa shape index (κ1) is 21.8. The van der Waals surface area contributed by atoms with Crippen LogP contribution in [-0.2, 0) is 9.84 Å². The quantitative estimate of drug-likeness (QED) is 0.672. The van der Waals surface area contributed by atoms with Gasteiger partial charge in [-0.05, 0) is 50.1 Å². The number of carbonyl (C=O) groups is 1. The molecule has 0 saturated heterocycles. The number of sulfone groups is 1. The van der Waals surface area contributed by atoms with Gasteiger partial charge in [-0.3, -0.25) is 4.79 Å². The van der Waals surface area contributed by atoms with Crippen molar-refractivity contribution in [2.45, 2.75) is 43.8 Å². The Morgan fingerprint density at radius 2 is 1.71 bits per heavy atom. The van der Waals surface area contributed by atoms with E-state index in [2.05, 4.69) is 5.32 Å². The fourth-order valence-corrected chi connectivity index (χ4v) is 4.81. The van der Waals surface area contributed by atoms with Gasteiger partial charge in [0.25, 0.3) is 5.91 Å². The number of amides is 1. The van der Waals surface area contributed by atoms with Crippen LogP contribution in [0.15, 0.2) is 47.4 Å². The van der Waals surface area contributed by atoms with E-state index in [1.54, 1.807) is 30.3 Å². The van der Waals surface area contributed by atoms with Crippen molar-refractivity contribution >= 4 is 21.4 Å². The summed E-state index contributed by atoms with van der Waals surface area (Å²) in [5.41, 5.74) is 0.658. The molecule has 0 bridgehead atoms. The molecule has 1 N–H and O–H groups in total. The number of ether oxygens (including phenoxy) is 2. The maximum Gasteiger partial charge on any atom is 0.259 e. The molecular weight excluding hydrogens is 378 g/mol. The first-order valence-electron chi connectivity index (χ1n) is 9.34. The summed E-state index contributed by atoms with van der Waals surface area (Å²) in [6.45, 7) is 5.96. The first-order valence-corrected chi connectivity index (χ1v) is 10.9. The third-order valence-corrected chi connectivity index (χ3v) is 6.98. The number of hydrogen-bond acceptors (Lipinski definition) is 5. The number of carbonyl (C=O) groups excluding carboxylic acids is 1. The van der Waals surface area contributed by atoms with Gasteiger partial charge in [-0.2, -0.15) is 0 Å². The summed E-state index contributed by atoms with van der Waals surface area (Å²) in [5.74, 6) is 0.437. The molecule has 1 amide bonds. The second kappa shape index (κ2) is 9.59. The minimum Gasteiger partial charge on any atom is -0.495 e. The molecule has 0 atom stereocenters. The fourth-order valence-electron chi connectivity index (χ4n) is 3.01. The summed E-state index contributed by atoms with van der Waals surface area (Å²) < 4.78 is 36.5. The standard InChI is InChI=1S/C21H27NO5S/c1-5-15(6-2)28(24,25)16-12-13-20(26-4)18(14-16)22-21(23)17-10-8-9-11-19(17)27-7-3/h8-15H,5-7H2,1-4H3,(H,22,23). The molecule has 0 heterocycles. The highest BCUT2D eigenvalue weighted by Gasteiger charge is 2.26. The molecule has 7 heteroatoms. The predicted molar refractivity (Wildman–Crippen MR) is 110 cm³/mol. The van der Waals surface area contributed by atoms with E-state index in [4.69, 9.17) is 9.47 Å². The van der Waals surface area contributed by atoms with Crippen LogP contribution in [0.4, 0.5) is 5.69 Å². The van der Waals surface area contributed by atoms with Crippen molar-refractivity contribution in [3.05, 3.63) is 48.0 Å². The highest BCUT2D eigenvalue weighted by molar-refractivity contribution is 7.92. The Morgan fingerprint density at radius 3 is 2.32 bits per heavy atom. The van der Waals surface area contributed by atoms with Gasteiger partial charge in [-0.15, -0.1) is 0 Å². The lowest BCUT2D eigenvalue weighted by Crippen LogP contribution is -2.20. The van der Waals surface area contributed by atoms with Crippen LogP contribution in [0.2, 0.25) is 0 Å². The Hall–Kier alpha value is -2.54. The van der Waals surface area contributed by atoms with Crippen molar-refractivity contribution in [1.29, 1.82) is 0 Å². The second-order valence-electron chi connectivity index (χ2n) is 6.23. The average Bonchev–Trinajstić information content (AvgIpc) is 2.69. The summed E-state index contributed by atoms with van der Waals surface area (Å²) >= 11 is 0. The van der Waals surface area contributed by atoms with E-state index in [0.29, 0.717) is 42.2 Å². The molecule has 28 heavy (non-hydrogen) atoms. The summed E-state index contributed by atoms with van der Waals surface area (Å²) in [5, 5.41) is 2.29. The van der Waals surface area contributed by atoms with Crippen molar-refractivity contribution in [2.24, 2.45) is 0 Å². The van der Waals surface area contributed by atoms with Crippen molar-refractivity contribution in [1.82, 2.24) is 0 Å². The number of nitrogens with one attached hydrogen (secondary N) is 1. The Balaban J connectivity index is 2.42. The minimum absolute atomic E-state index is 0.162. The molecular formula is C21H27NO5S. The molecule has 0 unspecified atom stereocenters. The summed E-state index contributed by atoms with van der Waals surface area (Å²) in [4.78, 5) is 13.0. The lowest BCUT2D eigenvalue weighted by molar-refractivity contribution is 0.102. The molecule has 2 aromatic carbocycles. The SMILES string of the molecule is CCOc1ccccc1C(=O)Nc1cc(S(=O)(=O)C(CC)CC)ccc1OC. The molecule has 0 spiro atoms. The highest BCUT2D eigenvalue weighted by atomic mass is 32.2. The molecule has 2 aromatic rings. The van der Waals surface area contributed by atoms with Gasteiger partial charge in [-0.25, -0.2) is 8.42 Å². The molecule has 0 aliphatic heterocycles. The highest BCUT2D eigenvalue weighted by Crippen LogP contribution is 2.31. The zero-order valence-corrected chi connectivity index (χ0v) is 17.5. The number of para-hydroxylation sites is 1. The van der Waals surface area contributed by atoms with E-state index in [1.165, 1.54) is 19.2 Å². The van der Waals surface area contributed by atoms with Crippen molar-refractivity contribution in [3.8, 4) is 11.5 Å². The molecule has 152 valence electrons. The second-order valence-corrected chi connectivity index (χ2v) is 8.46. The molecule has 0 aliphatic carbocycles. The zero-order chi connectivity index (χ0) is 20.7. The first-order chi connectivity index (χ1) is 13.4. The van der Waals surface area contributed by atoms with Gasteiger partial charge in [0.2, 0.25) is 0 Å². The van der Waals surface area contributed by atoms with Gasteiger partial charge in [0.1, 0.15) is 11.5 Å². The number of hydrogen-bond donors (Lipinski definition) is 1. The Kier molecular flexibility index (Phi) is 7.45. The molecule has 0 saturated carbocycles. The molecule has 0 radical (unpaired) electrons. The number of benzene rings is 2. The largest absolute Gasteiger partial charge is 0.495 e. The van der Waals surface area contributed by atoms with Crippen LogP contribution in [0.5, 0.6) is 11.5 Å². The summed E-state index contributed by atoms with van der Waals surface area (Å²) in [6.07, 6.45) is 1.04. The van der Waals surface area contributed by atoms with Crippen LogP contribution >= 0.6 is 0 Å². The fraction of sp³-hybridized carbons (Fsp3) is 0.381. The summed E-state index contributed by atoms with van der Waals surface area (Å²) in [6, 6.07) is 11.4. The van der Waals surface area contributed by atoms with Gasteiger partial charge in [0.05, 0.1) is 35.1 Å². The van der Waals surface area contributed by atoms with Crippen LogP contribution in [0.25, 0.3) is 0 Å². The lowest BCUT2D eigenvalue weighted by atomic mass is 10.1. The van der Waals surface area contributed by atoms with Crippen LogP contribution in [0, 0.1) is 0 Å². The number of methoxy groups -OCH3 is 1. The van der Waals surface area contributed by atoms with Crippen molar-refractivity contribution in [2.75, 3.05) is 19.0 Å². The van der Waals surface area contributed by atoms with E-state index >= 15 is 0 Å². The van der Waals surface area contributed by atoms with E-state index in [-0.39, 0.29) is 4.90 Å². The predicted octanol–water partition coefficient (Wildman–Crippen LogP) is 4.31. The van der Waals surface area contributed by atoms with Gasteiger partial charge < -0.3 is 14.8 Å². The van der Waals surface area contributed by atoms with E-state index in [1.807, 2.05) is 20.8 Å². The van der Waals surface area contributed by atoms with Gasteiger partial charge in [-0.1, -0.05) is 26.0 Å². The Bertz CT molecular complexity index is 920. The Labute approximate surface area is 166 Å². The third kappa shape index (κ3) is 4.65. The number of rotatable bonds is 9. The molecule has 0 aromatic heterocycles. The van der Waals surface area contributed by atoms with Crippen LogP contribution in [0.3, 0.4) is 0 Å². The summed E-state index contributed by atoms with van der Waals surface area (Å²) in [7, 11) is -2.03. The van der Waals surface area contributed by atoms with E-state index in [0.717, 1.165) is 0 Å². The number of anilines is 1. The average molecular weight is 406 g/mol. The van der Waals surface area contributed by atoms with Crippen LogP contribution in [-0.4, -0.2) is 33.3 Å². The lowest BCUT2D eigenvalue weighted by Gasteiger charge is -2.17. The Morgan fingerprint density at radius 1 is 1.04 bits per heavy atom. The van der Waals surface area contributed by atoms with Crippen molar-refractivity contribution in [3.63, 3.8) is 0 Å². The molecule has 6 nitrogen and oxygen atoms in total. The molecule has 0 fully saturated rings. The normalized spacial score (nSPS) is 11.3. The maximum atomic E-state index is 12.9. The van der Waals surface area contributed by atoms with Gasteiger partial charge >= 0.3 is 0 Å². The van der Waals surface area contributed by atoms with Crippen molar-refractivity contribution < 1.29 is 22.7 Å². The third-order valence-electron chi connectivity index (χ3n) is 4.53. The van der Waals surface area contributed by atoms with Crippen LogP contribution in [0.1, 0.15) is 44.0 Å². The molecule has 2 rings (SSSR count). The monoisotopic (exact) mass is 405 g/mol. The smallest absolute Gasteiger partial charge is 0.259 e.